The third-order valence-corrected chi connectivity index (χ3v) is 2.81. The topological polar surface area (TPSA) is 68.5 Å². The fraction of sp³-hybridized carbons (Fsp3) is 0.364. The molecular weight excluding hydrogens is 220 g/mol. The van der Waals surface area contributed by atoms with Crippen molar-refractivity contribution in [1.82, 2.24) is 14.6 Å². The molecule has 88 valence electrons. The number of ether oxygens (including phenoxy) is 1. The van der Waals surface area contributed by atoms with Gasteiger partial charge in [0.15, 0.2) is 5.65 Å². The minimum atomic E-state index is -0.0525. The average molecular weight is 232 g/mol. The molecule has 6 nitrogen and oxygen atoms in total. The molecule has 0 radical (unpaired) electrons. The van der Waals surface area contributed by atoms with E-state index in [4.69, 9.17) is 4.74 Å². The molecule has 0 aliphatic carbocycles. The average Bonchev–Trinajstić information content (AvgIpc) is 2.99. The molecule has 1 aliphatic heterocycles. The van der Waals surface area contributed by atoms with Gasteiger partial charge in [0.1, 0.15) is 0 Å². The lowest BCUT2D eigenvalue weighted by Crippen LogP contribution is -2.23. The van der Waals surface area contributed by atoms with Gasteiger partial charge in [-0.1, -0.05) is 0 Å². The maximum absolute atomic E-state index is 11.8. The molecule has 1 amide bonds. The number of carbonyl (C=O) groups excluding carboxylic acids is 1. The van der Waals surface area contributed by atoms with Crippen LogP contribution in [0.3, 0.4) is 0 Å². The first-order valence-electron chi connectivity index (χ1n) is 5.51. The first kappa shape index (κ1) is 10.2. The van der Waals surface area contributed by atoms with Crippen molar-refractivity contribution in [3.8, 4) is 0 Å². The zero-order valence-corrected chi connectivity index (χ0v) is 9.17. The van der Waals surface area contributed by atoms with Crippen LogP contribution in [0.5, 0.6) is 0 Å². The summed E-state index contributed by atoms with van der Waals surface area (Å²) in [4.78, 5) is 16.0. The molecule has 17 heavy (non-hydrogen) atoms. The maximum atomic E-state index is 11.8. The number of amides is 1. The van der Waals surface area contributed by atoms with E-state index < -0.39 is 0 Å². The summed E-state index contributed by atoms with van der Waals surface area (Å²) >= 11 is 0. The smallest absolute Gasteiger partial charge is 0.229 e. The van der Waals surface area contributed by atoms with Gasteiger partial charge in [0.2, 0.25) is 5.91 Å². The van der Waals surface area contributed by atoms with E-state index in [1.807, 2.05) is 0 Å². The third kappa shape index (κ3) is 1.99. The van der Waals surface area contributed by atoms with E-state index in [1.54, 1.807) is 29.2 Å². The second kappa shape index (κ2) is 4.14. The predicted octanol–water partition coefficient (Wildman–Crippen LogP) is 0.704. The molecule has 0 aromatic carbocycles. The number of rotatable bonds is 2. The van der Waals surface area contributed by atoms with Crippen molar-refractivity contribution < 1.29 is 9.53 Å². The van der Waals surface area contributed by atoms with Crippen LogP contribution in [0.15, 0.2) is 24.7 Å². The van der Waals surface area contributed by atoms with Crippen LogP contribution in [0.2, 0.25) is 0 Å². The van der Waals surface area contributed by atoms with Gasteiger partial charge in [0.05, 0.1) is 36.8 Å². The molecule has 1 N–H and O–H groups in total. The molecule has 6 heteroatoms. The molecule has 0 bridgehead atoms. The SMILES string of the molecule is O=C(Nc1cnc2ccnn2c1)[C@@H]1CCOC1. The van der Waals surface area contributed by atoms with Crippen LogP contribution in [-0.4, -0.2) is 33.7 Å². The number of carbonyl (C=O) groups is 1. The summed E-state index contributed by atoms with van der Waals surface area (Å²) in [5, 5.41) is 6.89. The minimum absolute atomic E-state index is 0.0178. The van der Waals surface area contributed by atoms with Gasteiger partial charge in [-0.15, -0.1) is 0 Å². The molecule has 2 aromatic rings. The zero-order valence-electron chi connectivity index (χ0n) is 9.17. The number of hydrogen-bond acceptors (Lipinski definition) is 4. The zero-order chi connectivity index (χ0) is 11.7. The predicted molar refractivity (Wildman–Crippen MR) is 60.5 cm³/mol. The van der Waals surface area contributed by atoms with Crippen LogP contribution in [0.4, 0.5) is 5.69 Å². The molecule has 0 saturated carbocycles. The molecule has 3 rings (SSSR count). The van der Waals surface area contributed by atoms with Crippen LogP contribution < -0.4 is 5.32 Å². The Morgan fingerprint density at radius 3 is 3.35 bits per heavy atom. The molecule has 0 spiro atoms. The Morgan fingerprint density at radius 2 is 2.53 bits per heavy atom. The summed E-state index contributed by atoms with van der Waals surface area (Å²) in [7, 11) is 0. The van der Waals surface area contributed by atoms with Crippen molar-refractivity contribution in [3.05, 3.63) is 24.7 Å². The summed E-state index contributed by atoms with van der Waals surface area (Å²) in [5.74, 6) is -0.0703. The molecule has 0 unspecified atom stereocenters. The maximum Gasteiger partial charge on any atom is 0.229 e. The van der Waals surface area contributed by atoms with Crippen LogP contribution >= 0.6 is 0 Å². The Morgan fingerprint density at radius 1 is 1.59 bits per heavy atom. The lowest BCUT2D eigenvalue weighted by Gasteiger charge is -2.08. The van der Waals surface area contributed by atoms with Crippen molar-refractivity contribution in [2.45, 2.75) is 6.42 Å². The second-order valence-corrected chi connectivity index (χ2v) is 4.03. The van der Waals surface area contributed by atoms with Crippen LogP contribution in [0.25, 0.3) is 5.65 Å². The largest absolute Gasteiger partial charge is 0.381 e. The van der Waals surface area contributed by atoms with Crippen molar-refractivity contribution in [2.75, 3.05) is 18.5 Å². The Labute approximate surface area is 97.6 Å². The summed E-state index contributed by atoms with van der Waals surface area (Å²) in [6.45, 7) is 1.16. The van der Waals surface area contributed by atoms with Crippen molar-refractivity contribution in [2.24, 2.45) is 5.92 Å². The minimum Gasteiger partial charge on any atom is -0.381 e. The van der Waals surface area contributed by atoms with Gasteiger partial charge >= 0.3 is 0 Å². The van der Waals surface area contributed by atoms with E-state index in [0.717, 1.165) is 12.1 Å². The summed E-state index contributed by atoms with van der Waals surface area (Å²) in [5.41, 5.74) is 1.41. The molecule has 1 atom stereocenters. The van der Waals surface area contributed by atoms with Crippen molar-refractivity contribution in [3.63, 3.8) is 0 Å². The van der Waals surface area contributed by atoms with Gasteiger partial charge in [-0.05, 0) is 6.42 Å². The highest BCUT2D eigenvalue weighted by atomic mass is 16.5. The van der Waals surface area contributed by atoms with Gasteiger partial charge in [-0.3, -0.25) is 4.79 Å². The highest BCUT2D eigenvalue weighted by molar-refractivity contribution is 5.92. The summed E-state index contributed by atoms with van der Waals surface area (Å²) < 4.78 is 6.81. The van der Waals surface area contributed by atoms with Gasteiger partial charge < -0.3 is 10.1 Å². The monoisotopic (exact) mass is 232 g/mol. The number of aromatic nitrogens is 3. The van der Waals surface area contributed by atoms with Crippen LogP contribution in [0, 0.1) is 5.92 Å². The molecular formula is C11H12N4O2. The number of nitrogens with zero attached hydrogens (tertiary/aromatic N) is 3. The van der Waals surface area contributed by atoms with Crippen LogP contribution in [0.1, 0.15) is 6.42 Å². The van der Waals surface area contributed by atoms with Gasteiger partial charge in [0.25, 0.3) is 0 Å². The quantitative estimate of drug-likeness (QED) is 0.827. The van der Waals surface area contributed by atoms with E-state index in [0.29, 0.717) is 18.9 Å². The van der Waals surface area contributed by atoms with E-state index in [9.17, 15) is 4.79 Å². The number of hydrogen-bond donors (Lipinski definition) is 1. The van der Waals surface area contributed by atoms with Gasteiger partial charge in [0, 0.05) is 12.7 Å². The first-order chi connectivity index (χ1) is 8.33. The van der Waals surface area contributed by atoms with E-state index >= 15 is 0 Å². The molecule has 2 aromatic heterocycles. The number of fused-ring (bicyclic) bond motifs is 1. The summed E-state index contributed by atoms with van der Waals surface area (Å²) in [6.07, 6.45) is 5.82. The fourth-order valence-electron chi connectivity index (χ4n) is 1.86. The Hall–Kier alpha value is -1.95. The standard InChI is InChI=1S/C11H12N4O2/c16-11(8-2-4-17-7-8)14-9-5-12-10-1-3-13-15(10)6-9/h1,3,5-6,8H,2,4,7H2,(H,14,16)/t8-/m1/s1. The Balaban J connectivity index is 1.77. The molecule has 3 heterocycles. The highest BCUT2D eigenvalue weighted by Gasteiger charge is 2.23. The molecule has 1 aliphatic rings. The van der Waals surface area contributed by atoms with Crippen molar-refractivity contribution >= 4 is 17.2 Å². The van der Waals surface area contributed by atoms with E-state index in [2.05, 4.69) is 15.4 Å². The highest BCUT2D eigenvalue weighted by Crippen LogP contribution is 2.15. The lowest BCUT2D eigenvalue weighted by atomic mass is 10.1. The van der Waals surface area contributed by atoms with Gasteiger partial charge in [-0.25, -0.2) is 9.50 Å². The molecule has 1 fully saturated rings. The second-order valence-electron chi connectivity index (χ2n) is 4.03. The number of nitrogens with one attached hydrogen (secondary N) is 1. The van der Waals surface area contributed by atoms with Crippen LogP contribution in [-0.2, 0) is 9.53 Å². The van der Waals surface area contributed by atoms with E-state index in [1.165, 1.54) is 0 Å². The third-order valence-electron chi connectivity index (χ3n) is 2.81. The Kier molecular flexibility index (Phi) is 2.49. The summed E-state index contributed by atoms with van der Waals surface area (Å²) in [6, 6.07) is 1.80. The van der Waals surface area contributed by atoms with Crippen molar-refractivity contribution in [1.29, 1.82) is 0 Å². The Bertz CT molecular complexity index is 545. The van der Waals surface area contributed by atoms with E-state index in [-0.39, 0.29) is 11.8 Å². The normalized spacial score (nSPS) is 19.6. The van der Waals surface area contributed by atoms with Gasteiger partial charge in [-0.2, -0.15) is 5.10 Å². The fourth-order valence-corrected chi connectivity index (χ4v) is 1.86. The number of anilines is 1. The molecule has 1 saturated heterocycles. The first-order valence-corrected chi connectivity index (χ1v) is 5.51. The lowest BCUT2D eigenvalue weighted by molar-refractivity contribution is -0.119.